The molecule has 0 bridgehead atoms. The number of hydrogen-bond acceptors (Lipinski definition) is 4. The van der Waals surface area contributed by atoms with Crippen LogP contribution in [0.3, 0.4) is 0 Å². The fraction of sp³-hybridized carbons (Fsp3) is 0.667. The van der Waals surface area contributed by atoms with E-state index in [1.807, 2.05) is 19.9 Å². The fourth-order valence-corrected chi connectivity index (χ4v) is 5.11. The van der Waals surface area contributed by atoms with Gasteiger partial charge in [-0.15, -0.1) is 12.4 Å². The molecule has 25 heavy (non-hydrogen) atoms. The molecule has 0 atom stereocenters. The summed E-state index contributed by atoms with van der Waals surface area (Å²) < 4.78 is 27.3. The number of hydrogen-bond donors (Lipinski definition) is 1. The first-order valence-electron chi connectivity index (χ1n) is 8.97. The molecule has 5 nitrogen and oxygen atoms in total. The van der Waals surface area contributed by atoms with Gasteiger partial charge in [0, 0.05) is 32.7 Å². The Hall–Kier alpha value is -0.660. The molecule has 3 rings (SSSR count). The lowest BCUT2D eigenvalue weighted by molar-refractivity contribution is 0.152. The molecule has 2 aliphatic rings. The number of halogens is 1. The molecule has 7 heteroatoms. The first-order chi connectivity index (χ1) is 11.5. The van der Waals surface area contributed by atoms with Gasteiger partial charge in [0.1, 0.15) is 0 Å². The molecule has 2 aliphatic heterocycles. The summed E-state index contributed by atoms with van der Waals surface area (Å²) in [4.78, 5) is 2.86. The summed E-state index contributed by atoms with van der Waals surface area (Å²) in [5.74, 6) is 0.758. The zero-order chi connectivity index (χ0) is 17.2. The van der Waals surface area contributed by atoms with Crippen LogP contribution in [0, 0.1) is 19.8 Å². The van der Waals surface area contributed by atoms with Gasteiger partial charge in [-0.05, 0) is 69.0 Å². The van der Waals surface area contributed by atoms with Crippen LogP contribution in [0.4, 0.5) is 0 Å². The number of sulfonamides is 1. The van der Waals surface area contributed by atoms with E-state index in [4.69, 9.17) is 0 Å². The van der Waals surface area contributed by atoms with Crippen LogP contribution in [-0.2, 0) is 10.0 Å². The standard InChI is InChI=1S/C18H29N3O2S.ClH/c1-15-3-4-18(13-16(15)2)24(22,23)21-11-9-20(10-12-21)14-17-5-7-19-8-6-17;/h3-4,13,17,19H,5-12,14H2,1-2H3;1H. The molecule has 2 saturated heterocycles. The van der Waals surface area contributed by atoms with Crippen molar-refractivity contribution in [2.75, 3.05) is 45.8 Å². The smallest absolute Gasteiger partial charge is 0.243 e. The van der Waals surface area contributed by atoms with Crippen LogP contribution in [0.25, 0.3) is 0 Å². The minimum atomic E-state index is -3.36. The Kier molecular flexibility index (Phi) is 7.29. The molecular weight excluding hydrogens is 358 g/mol. The van der Waals surface area contributed by atoms with Gasteiger partial charge in [-0.3, -0.25) is 0 Å². The minimum absolute atomic E-state index is 0. The summed E-state index contributed by atoms with van der Waals surface area (Å²) in [6.45, 7) is 10.2. The van der Waals surface area contributed by atoms with Gasteiger partial charge in [-0.2, -0.15) is 4.31 Å². The first kappa shape index (κ1) is 20.6. The number of nitrogens with one attached hydrogen (secondary N) is 1. The fourth-order valence-electron chi connectivity index (χ4n) is 3.61. The molecule has 142 valence electrons. The first-order valence-corrected chi connectivity index (χ1v) is 10.4. The maximum absolute atomic E-state index is 12.8. The van der Waals surface area contributed by atoms with Crippen molar-refractivity contribution in [3.63, 3.8) is 0 Å². The second kappa shape index (κ2) is 8.82. The van der Waals surface area contributed by atoms with E-state index in [2.05, 4.69) is 10.2 Å². The highest BCUT2D eigenvalue weighted by molar-refractivity contribution is 7.89. The second-order valence-electron chi connectivity index (χ2n) is 7.14. The normalized spacial score (nSPS) is 21.0. The van der Waals surface area contributed by atoms with E-state index in [9.17, 15) is 8.42 Å². The Bertz CT molecular complexity index is 667. The van der Waals surface area contributed by atoms with E-state index in [0.29, 0.717) is 18.0 Å². The van der Waals surface area contributed by atoms with Crippen LogP contribution in [0.2, 0.25) is 0 Å². The average Bonchev–Trinajstić information content (AvgIpc) is 2.58. The molecule has 2 fully saturated rings. The van der Waals surface area contributed by atoms with Crippen molar-refractivity contribution < 1.29 is 8.42 Å². The van der Waals surface area contributed by atoms with E-state index in [0.717, 1.165) is 49.8 Å². The number of aryl methyl sites for hydroxylation is 2. The highest BCUT2D eigenvalue weighted by Gasteiger charge is 2.29. The molecule has 1 aromatic carbocycles. The van der Waals surface area contributed by atoms with Crippen molar-refractivity contribution in [1.82, 2.24) is 14.5 Å². The third-order valence-corrected chi connectivity index (χ3v) is 7.32. The summed E-state index contributed by atoms with van der Waals surface area (Å²) in [6, 6.07) is 5.43. The van der Waals surface area contributed by atoms with Crippen LogP contribution >= 0.6 is 12.4 Å². The number of rotatable bonds is 4. The Balaban J connectivity index is 0.00000225. The van der Waals surface area contributed by atoms with Crippen LogP contribution in [-0.4, -0.2) is 63.4 Å². The van der Waals surface area contributed by atoms with Gasteiger partial charge < -0.3 is 10.2 Å². The molecule has 0 saturated carbocycles. The van der Waals surface area contributed by atoms with E-state index in [1.54, 1.807) is 16.4 Å². The van der Waals surface area contributed by atoms with Crippen molar-refractivity contribution in [2.24, 2.45) is 5.92 Å². The van der Waals surface area contributed by atoms with Gasteiger partial charge >= 0.3 is 0 Å². The Morgan fingerprint density at radius 3 is 2.28 bits per heavy atom. The molecule has 1 N–H and O–H groups in total. The third kappa shape index (κ3) is 4.95. The molecule has 0 radical (unpaired) electrons. The summed E-state index contributed by atoms with van der Waals surface area (Å²) in [5, 5.41) is 3.40. The molecule has 2 heterocycles. The SMILES string of the molecule is Cc1ccc(S(=O)(=O)N2CCN(CC3CCNCC3)CC2)cc1C.Cl. The van der Waals surface area contributed by atoms with Crippen LogP contribution < -0.4 is 5.32 Å². The maximum atomic E-state index is 12.8. The molecule has 0 aliphatic carbocycles. The van der Waals surface area contributed by atoms with Crippen LogP contribution in [0.1, 0.15) is 24.0 Å². The lowest BCUT2D eigenvalue weighted by atomic mass is 9.97. The Labute approximate surface area is 158 Å². The van der Waals surface area contributed by atoms with Crippen molar-refractivity contribution in [2.45, 2.75) is 31.6 Å². The van der Waals surface area contributed by atoms with Gasteiger partial charge in [0.05, 0.1) is 4.90 Å². The zero-order valence-electron chi connectivity index (χ0n) is 15.2. The highest BCUT2D eigenvalue weighted by atomic mass is 35.5. The second-order valence-corrected chi connectivity index (χ2v) is 9.08. The molecule has 1 aromatic rings. The van der Waals surface area contributed by atoms with Crippen molar-refractivity contribution in [3.05, 3.63) is 29.3 Å². The van der Waals surface area contributed by atoms with Crippen molar-refractivity contribution in [1.29, 1.82) is 0 Å². The summed E-state index contributed by atoms with van der Waals surface area (Å²) >= 11 is 0. The summed E-state index contributed by atoms with van der Waals surface area (Å²) in [5.41, 5.74) is 2.15. The van der Waals surface area contributed by atoms with Gasteiger partial charge in [0.25, 0.3) is 0 Å². The third-order valence-electron chi connectivity index (χ3n) is 5.42. The van der Waals surface area contributed by atoms with Gasteiger partial charge in [-0.1, -0.05) is 6.07 Å². The summed E-state index contributed by atoms with van der Waals surface area (Å²) in [6.07, 6.45) is 2.47. The Morgan fingerprint density at radius 2 is 1.68 bits per heavy atom. The number of benzene rings is 1. The lowest BCUT2D eigenvalue weighted by Gasteiger charge is -2.36. The lowest BCUT2D eigenvalue weighted by Crippen LogP contribution is -2.50. The monoisotopic (exact) mass is 387 g/mol. The predicted octanol–water partition coefficient (Wildman–Crippen LogP) is 2.03. The minimum Gasteiger partial charge on any atom is -0.317 e. The Morgan fingerprint density at radius 1 is 1.04 bits per heavy atom. The molecule has 0 amide bonds. The predicted molar refractivity (Wildman–Crippen MR) is 104 cm³/mol. The molecule has 0 aromatic heterocycles. The van der Waals surface area contributed by atoms with Crippen molar-refractivity contribution >= 4 is 22.4 Å². The van der Waals surface area contributed by atoms with Crippen LogP contribution in [0.5, 0.6) is 0 Å². The van der Waals surface area contributed by atoms with Gasteiger partial charge in [0.15, 0.2) is 0 Å². The van der Waals surface area contributed by atoms with Gasteiger partial charge in [0.2, 0.25) is 10.0 Å². The van der Waals surface area contributed by atoms with E-state index < -0.39 is 10.0 Å². The van der Waals surface area contributed by atoms with Crippen molar-refractivity contribution in [3.8, 4) is 0 Å². The average molecular weight is 388 g/mol. The van der Waals surface area contributed by atoms with Gasteiger partial charge in [-0.25, -0.2) is 8.42 Å². The van der Waals surface area contributed by atoms with E-state index in [-0.39, 0.29) is 12.4 Å². The summed E-state index contributed by atoms with van der Waals surface area (Å²) in [7, 11) is -3.36. The molecule has 0 unspecified atom stereocenters. The number of nitrogens with zero attached hydrogens (tertiary/aromatic N) is 2. The van der Waals surface area contributed by atoms with E-state index in [1.165, 1.54) is 12.8 Å². The maximum Gasteiger partial charge on any atom is 0.243 e. The zero-order valence-corrected chi connectivity index (χ0v) is 16.8. The number of piperazine rings is 1. The molecular formula is C18H30ClN3O2S. The number of piperidine rings is 1. The van der Waals surface area contributed by atoms with Crippen LogP contribution in [0.15, 0.2) is 23.1 Å². The highest BCUT2D eigenvalue weighted by Crippen LogP contribution is 2.21. The largest absolute Gasteiger partial charge is 0.317 e. The van der Waals surface area contributed by atoms with E-state index >= 15 is 0 Å². The quantitative estimate of drug-likeness (QED) is 0.858. The molecule has 0 spiro atoms. The topological polar surface area (TPSA) is 52.7 Å².